The number of carbonyl (C=O) groups excluding carboxylic acids is 1. The van der Waals surface area contributed by atoms with E-state index < -0.39 is 0 Å². The Labute approximate surface area is 106 Å². The van der Waals surface area contributed by atoms with Crippen LogP contribution in [0.3, 0.4) is 0 Å². The number of nitrogens with zero attached hydrogens (tertiary/aromatic N) is 1. The summed E-state index contributed by atoms with van der Waals surface area (Å²) < 4.78 is 2.06. The number of allylic oxidation sites excluding steroid dienone is 2. The molecule has 0 amide bonds. The van der Waals surface area contributed by atoms with Crippen molar-refractivity contribution >= 4 is 22.3 Å². The van der Waals surface area contributed by atoms with Gasteiger partial charge in [0.05, 0.1) is 0 Å². The van der Waals surface area contributed by atoms with Crippen molar-refractivity contribution in [3.63, 3.8) is 0 Å². The number of carbonyl (C=O) groups is 1. The van der Waals surface area contributed by atoms with Crippen LogP contribution in [0.5, 0.6) is 0 Å². The Kier molecular flexibility index (Phi) is 2.47. The van der Waals surface area contributed by atoms with E-state index in [1.165, 1.54) is 0 Å². The van der Waals surface area contributed by atoms with Crippen molar-refractivity contribution in [2.75, 3.05) is 0 Å². The molecule has 1 heterocycles. The lowest BCUT2D eigenvalue weighted by Gasteiger charge is -2.17. The van der Waals surface area contributed by atoms with Gasteiger partial charge in [0, 0.05) is 41.8 Å². The standard InChI is InChI=1S/C15H16N2O/c1-17-9-8-10-11(4-2-6-13(10)17)15-12(16)5-3-7-14(15)18/h2,4,6,8-9H,3,5,7,16H2,1H3. The zero-order valence-electron chi connectivity index (χ0n) is 10.4. The number of hydrogen-bond acceptors (Lipinski definition) is 2. The van der Waals surface area contributed by atoms with Gasteiger partial charge in [0.1, 0.15) is 0 Å². The summed E-state index contributed by atoms with van der Waals surface area (Å²) >= 11 is 0. The molecule has 2 N–H and O–H groups in total. The van der Waals surface area contributed by atoms with E-state index in [4.69, 9.17) is 5.73 Å². The van der Waals surface area contributed by atoms with Gasteiger partial charge in [0.15, 0.2) is 5.78 Å². The molecule has 1 aromatic heterocycles. The number of aromatic nitrogens is 1. The molecule has 1 aromatic carbocycles. The molecule has 0 radical (unpaired) electrons. The van der Waals surface area contributed by atoms with Crippen molar-refractivity contribution in [1.29, 1.82) is 0 Å². The van der Waals surface area contributed by atoms with E-state index in [1.54, 1.807) is 0 Å². The lowest BCUT2D eigenvalue weighted by Crippen LogP contribution is -2.15. The van der Waals surface area contributed by atoms with Gasteiger partial charge in [0.25, 0.3) is 0 Å². The van der Waals surface area contributed by atoms with Gasteiger partial charge in [-0.2, -0.15) is 0 Å². The van der Waals surface area contributed by atoms with Crippen molar-refractivity contribution in [3.05, 3.63) is 41.7 Å². The molecule has 3 rings (SSSR count). The van der Waals surface area contributed by atoms with Crippen LogP contribution in [0, 0.1) is 0 Å². The predicted molar refractivity (Wildman–Crippen MR) is 72.9 cm³/mol. The van der Waals surface area contributed by atoms with E-state index in [0.717, 1.165) is 40.6 Å². The van der Waals surface area contributed by atoms with Crippen LogP contribution in [-0.2, 0) is 11.8 Å². The van der Waals surface area contributed by atoms with E-state index in [2.05, 4.69) is 10.6 Å². The summed E-state index contributed by atoms with van der Waals surface area (Å²) in [6, 6.07) is 8.09. The first kappa shape index (κ1) is 11.1. The fourth-order valence-corrected chi connectivity index (χ4v) is 2.71. The zero-order chi connectivity index (χ0) is 12.7. The molecule has 3 nitrogen and oxygen atoms in total. The molecule has 0 saturated heterocycles. The highest BCUT2D eigenvalue weighted by molar-refractivity contribution is 6.24. The highest BCUT2D eigenvalue weighted by Gasteiger charge is 2.22. The zero-order valence-corrected chi connectivity index (χ0v) is 10.4. The van der Waals surface area contributed by atoms with Gasteiger partial charge in [-0.15, -0.1) is 0 Å². The third-order valence-corrected chi connectivity index (χ3v) is 3.65. The summed E-state index contributed by atoms with van der Waals surface area (Å²) in [4.78, 5) is 12.1. The van der Waals surface area contributed by atoms with Gasteiger partial charge in [-0.25, -0.2) is 0 Å². The fourth-order valence-electron chi connectivity index (χ4n) is 2.71. The molecule has 3 heteroatoms. The van der Waals surface area contributed by atoms with Crippen LogP contribution >= 0.6 is 0 Å². The van der Waals surface area contributed by atoms with Crippen LogP contribution < -0.4 is 5.73 Å². The molecule has 1 aliphatic carbocycles. The second-order valence-corrected chi connectivity index (χ2v) is 4.84. The monoisotopic (exact) mass is 240 g/mol. The molecule has 0 spiro atoms. The number of ketones is 1. The number of rotatable bonds is 1. The first-order chi connectivity index (χ1) is 8.68. The average Bonchev–Trinajstić information content (AvgIpc) is 2.72. The molecule has 92 valence electrons. The second-order valence-electron chi connectivity index (χ2n) is 4.84. The molecular formula is C15H16N2O. The minimum atomic E-state index is 0.176. The predicted octanol–water partition coefficient (Wildman–Crippen LogP) is 2.60. The van der Waals surface area contributed by atoms with E-state index in [0.29, 0.717) is 6.42 Å². The van der Waals surface area contributed by atoms with Crippen LogP contribution in [0.4, 0.5) is 0 Å². The minimum Gasteiger partial charge on any atom is -0.401 e. The topological polar surface area (TPSA) is 48.0 Å². The van der Waals surface area contributed by atoms with Crippen molar-refractivity contribution < 1.29 is 4.79 Å². The molecule has 2 aromatic rings. The van der Waals surface area contributed by atoms with Gasteiger partial charge in [-0.05, 0) is 30.5 Å². The maximum atomic E-state index is 12.1. The van der Waals surface area contributed by atoms with Crippen LogP contribution in [0.25, 0.3) is 16.5 Å². The highest BCUT2D eigenvalue weighted by Crippen LogP contribution is 2.32. The van der Waals surface area contributed by atoms with Crippen molar-refractivity contribution in [2.45, 2.75) is 19.3 Å². The summed E-state index contributed by atoms with van der Waals surface area (Å²) in [5.41, 5.74) is 9.64. The molecule has 0 unspecified atom stereocenters. The lowest BCUT2D eigenvalue weighted by molar-refractivity contribution is -0.114. The van der Waals surface area contributed by atoms with Crippen molar-refractivity contribution in [3.8, 4) is 0 Å². The van der Waals surface area contributed by atoms with Gasteiger partial charge in [-0.3, -0.25) is 4.79 Å². The summed E-state index contributed by atoms with van der Waals surface area (Å²) in [6.07, 6.45) is 4.32. The van der Waals surface area contributed by atoms with Gasteiger partial charge < -0.3 is 10.3 Å². The van der Waals surface area contributed by atoms with E-state index in [1.807, 2.05) is 31.4 Å². The normalized spacial score (nSPS) is 16.6. The molecule has 0 saturated carbocycles. The molecule has 0 bridgehead atoms. The second kappa shape index (κ2) is 4.02. The van der Waals surface area contributed by atoms with Crippen LogP contribution in [0.15, 0.2) is 36.2 Å². The molecule has 18 heavy (non-hydrogen) atoms. The minimum absolute atomic E-state index is 0.176. The first-order valence-corrected chi connectivity index (χ1v) is 6.24. The summed E-state index contributed by atoms with van der Waals surface area (Å²) in [5.74, 6) is 0.176. The number of nitrogens with two attached hydrogens (primary N) is 1. The highest BCUT2D eigenvalue weighted by atomic mass is 16.1. The SMILES string of the molecule is Cn1ccc2c(C3=C(N)CCCC3=O)cccc21. The largest absolute Gasteiger partial charge is 0.401 e. The first-order valence-electron chi connectivity index (χ1n) is 6.24. The summed E-state index contributed by atoms with van der Waals surface area (Å²) in [6.45, 7) is 0. The number of hydrogen-bond donors (Lipinski definition) is 1. The lowest BCUT2D eigenvalue weighted by atomic mass is 9.88. The Balaban J connectivity index is 2.29. The van der Waals surface area contributed by atoms with E-state index in [9.17, 15) is 4.79 Å². The number of aryl methyl sites for hydroxylation is 1. The molecule has 0 aliphatic heterocycles. The molecular weight excluding hydrogens is 224 g/mol. The Morgan fingerprint density at radius 2 is 2.06 bits per heavy atom. The maximum Gasteiger partial charge on any atom is 0.165 e. The Bertz CT molecular complexity index is 664. The van der Waals surface area contributed by atoms with Gasteiger partial charge in [-0.1, -0.05) is 12.1 Å². The van der Waals surface area contributed by atoms with Crippen LogP contribution in [0.2, 0.25) is 0 Å². The average molecular weight is 240 g/mol. The Morgan fingerprint density at radius 1 is 1.22 bits per heavy atom. The molecule has 0 atom stereocenters. The number of Topliss-reactive ketones (excluding diaryl/α,β-unsaturated/α-hetero) is 1. The Morgan fingerprint density at radius 3 is 2.83 bits per heavy atom. The van der Waals surface area contributed by atoms with Crippen molar-refractivity contribution in [1.82, 2.24) is 4.57 Å². The van der Waals surface area contributed by atoms with E-state index >= 15 is 0 Å². The third-order valence-electron chi connectivity index (χ3n) is 3.65. The van der Waals surface area contributed by atoms with Crippen LogP contribution in [0.1, 0.15) is 24.8 Å². The van der Waals surface area contributed by atoms with Gasteiger partial charge >= 0.3 is 0 Å². The van der Waals surface area contributed by atoms with Crippen LogP contribution in [-0.4, -0.2) is 10.4 Å². The maximum absolute atomic E-state index is 12.1. The smallest absolute Gasteiger partial charge is 0.165 e. The molecule has 0 fully saturated rings. The number of fused-ring (bicyclic) bond motifs is 1. The quantitative estimate of drug-likeness (QED) is 0.833. The fraction of sp³-hybridized carbons (Fsp3) is 0.267. The van der Waals surface area contributed by atoms with Crippen molar-refractivity contribution in [2.24, 2.45) is 12.8 Å². The van der Waals surface area contributed by atoms with Gasteiger partial charge in [0.2, 0.25) is 0 Å². The third kappa shape index (κ3) is 1.55. The summed E-state index contributed by atoms with van der Waals surface area (Å²) in [5, 5.41) is 1.10. The Hall–Kier alpha value is -2.03. The summed E-state index contributed by atoms with van der Waals surface area (Å²) in [7, 11) is 2.01. The molecule has 1 aliphatic rings. The number of benzene rings is 1. The van der Waals surface area contributed by atoms with E-state index in [-0.39, 0.29) is 5.78 Å².